The second-order valence-corrected chi connectivity index (χ2v) is 5.63. The van der Waals surface area contributed by atoms with Crippen LogP contribution in [0.3, 0.4) is 0 Å². The van der Waals surface area contributed by atoms with Crippen molar-refractivity contribution in [3.63, 3.8) is 0 Å². The van der Waals surface area contributed by atoms with Crippen molar-refractivity contribution in [1.82, 2.24) is 4.90 Å². The van der Waals surface area contributed by atoms with Crippen molar-refractivity contribution in [2.75, 3.05) is 31.6 Å². The summed E-state index contributed by atoms with van der Waals surface area (Å²) in [6, 6.07) is 4.89. The number of nitrogens with zero attached hydrogens (tertiary/aromatic N) is 1. The van der Waals surface area contributed by atoms with Crippen LogP contribution >= 0.6 is 23.2 Å². The van der Waals surface area contributed by atoms with Gasteiger partial charge in [-0.05, 0) is 44.1 Å². The Labute approximate surface area is 129 Å². The highest BCUT2D eigenvalue weighted by atomic mass is 35.5. The fourth-order valence-electron chi connectivity index (χ4n) is 2.19. The van der Waals surface area contributed by atoms with Gasteiger partial charge in [-0.15, -0.1) is 0 Å². The molecule has 0 aliphatic carbocycles. The van der Waals surface area contributed by atoms with Crippen LogP contribution < -0.4 is 5.32 Å². The minimum atomic E-state index is -0.508. The molecular formula is C14H18Cl2N2O2. The quantitative estimate of drug-likeness (QED) is 0.911. The van der Waals surface area contributed by atoms with Crippen LogP contribution in [0.4, 0.5) is 10.5 Å². The Balaban J connectivity index is 1.73. The Morgan fingerprint density at radius 2 is 2.00 bits per heavy atom. The van der Waals surface area contributed by atoms with E-state index in [2.05, 4.69) is 10.2 Å². The normalized spacial score (nSPS) is 15.9. The lowest BCUT2D eigenvalue weighted by atomic mass is 10.1. The van der Waals surface area contributed by atoms with E-state index in [1.807, 2.05) is 0 Å². The second-order valence-electron chi connectivity index (χ2n) is 4.79. The third-order valence-electron chi connectivity index (χ3n) is 3.25. The maximum Gasteiger partial charge on any atom is 0.411 e. The van der Waals surface area contributed by atoms with E-state index < -0.39 is 6.09 Å². The molecule has 6 heteroatoms. The number of hydrogen-bond donors (Lipinski definition) is 1. The zero-order valence-electron chi connectivity index (χ0n) is 11.2. The summed E-state index contributed by atoms with van der Waals surface area (Å²) in [7, 11) is 0. The topological polar surface area (TPSA) is 41.6 Å². The molecule has 110 valence electrons. The van der Waals surface area contributed by atoms with E-state index in [1.54, 1.807) is 18.2 Å². The largest absolute Gasteiger partial charge is 0.448 e. The number of ether oxygens (including phenoxy) is 1. The fraction of sp³-hybridized carbons (Fsp3) is 0.500. The average Bonchev–Trinajstić information content (AvgIpc) is 2.44. The maximum absolute atomic E-state index is 11.7. The van der Waals surface area contributed by atoms with Crippen LogP contribution in [-0.4, -0.2) is 37.2 Å². The summed E-state index contributed by atoms with van der Waals surface area (Å²) < 4.78 is 5.15. The summed E-state index contributed by atoms with van der Waals surface area (Å²) in [5.74, 6) is 0. The number of carbonyl (C=O) groups is 1. The summed E-state index contributed by atoms with van der Waals surface area (Å²) in [6.07, 6.45) is 3.24. The predicted molar refractivity (Wildman–Crippen MR) is 81.7 cm³/mol. The zero-order valence-corrected chi connectivity index (χ0v) is 12.7. The van der Waals surface area contributed by atoms with Gasteiger partial charge >= 0.3 is 6.09 Å². The lowest BCUT2D eigenvalue weighted by Crippen LogP contribution is -2.33. The number of benzene rings is 1. The number of anilines is 1. The first-order valence-electron chi connectivity index (χ1n) is 6.76. The first-order valence-corrected chi connectivity index (χ1v) is 7.52. The van der Waals surface area contributed by atoms with E-state index in [1.165, 1.54) is 19.3 Å². The Bertz CT molecular complexity index is 462. The van der Waals surface area contributed by atoms with E-state index in [9.17, 15) is 4.79 Å². The SMILES string of the molecule is O=C(Nc1cc(Cl)ccc1Cl)OCCN1CCCCC1. The van der Waals surface area contributed by atoms with E-state index in [4.69, 9.17) is 27.9 Å². The highest BCUT2D eigenvalue weighted by Crippen LogP contribution is 2.25. The van der Waals surface area contributed by atoms with Crippen molar-refractivity contribution in [3.8, 4) is 0 Å². The first kappa shape index (κ1) is 15.4. The molecule has 0 saturated carbocycles. The van der Waals surface area contributed by atoms with Crippen LogP contribution in [0, 0.1) is 0 Å². The third kappa shape index (κ3) is 4.85. The van der Waals surface area contributed by atoms with E-state index >= 15 is 0 Å². The zero-order chi connectivity index (χ0) is 14.4. The molecule has 1 saturated heterocycles. The van der Waals surface area contributed by atoms with Crippen LogP contribution in [0.15, 0.2) is 18.2 Å². The van der Waals surface area contributed by atoms with Crippen LogP contribution in [0.5, 0.6) is 0 Å². The third-order valence-corrected chi connectivity index (χ3v) is 3.82. The Hall–Kier alpha value is -0.970. The number of likely N-dealkylation sites (tertiary alicyclic amines) is 1. The van der Waals surface area contributed by atoms with Crippen LogP contribution in [0.2, 0.25) is 10.0 Å². The summed E-state index contributed by atoms with van der Waals surface area (Å²) in [5.41, 5.74) is 0.460. The Morgan fingerprint density at radius 3 is 2.75 bits per heavy atom. The Morgan fingerprint density at radius 1 is 1.25 bits per heavy atom. The average molecular weight is 317 g/mol. The highest BCUT2D eigenvalue weighted by Gasteiger charge is 2.11. The van der Waals surface area contributed by atoms with Crippen molar-refractivity contribution < 1.29 is 9.53 Å². The number of nitrogens with one attached hydrogen (secondary N) is 1. The van der Waals surface area contributed by atoms with Crippen LogP contribution in [0.25, 0.3) is 0 Å². The number of rotatable bonds is 4. The Kier molecular flexibility index (Phi) is 5.95. The molecule has 0 aromatic heterocycles. The van der Waals surface area contributed by atoms with Crippen molar-refractivity contribution in [2.45, 2.75) is 19.3 Å². The number of piperidine rings is 1. The molecule has 20 heavy (non-hydrogen) atoms. The van der Waals surface area contributed by atoms with Gasteiger partial charge in [-0.1, -0.05) is 29.6 Å². The molecule has 0 spiro atoms. The molecule has 0 radical (unpaired) electrons. The van der Waals surface area contributed by atoms with Crippen LogP contribution in [-0.2, 0) is 4.74 Å². The minimum absolute atomic E-state index is 0.379. The van der Waals surface area contributed by atoms with Gasteiger partial charge in [-0.3, -0.25) is 10.2 Å². The predicted octanol–water partition coefficient (Wildman–Crippen LogP) is 4.03. The monoisotopic (exact) mass is 316 g/mol. The van der Waals surface area contributed by atoms with E-state index in [0.717, 1.165) is 19.6 Å². The molecule has 2 rings (SSSR count). The van der Waals surface area contributed by atoms with E-state index in [-0.39, 0.29) is 0 Å². The number of carbonyl (C=O) groups excluding carboxylic acids is 1. The molecule has 0 unspecified atom stereocenters. The van der Waals surface area contributed by atoms with Gasteiger partial charge in [0.25, 0.3) is 0 Å². The summed E-state index contributed by atoms with van der Waals surface area (Å²) in [4.78, 5) is 14.0. The highest BCUT2D eigenvalue weighted by molar-refractivity contribution is 6.35. The van der Waals surface area contributed by atoms with Crippen molar-refractivity contribution >= 4 is 35.0 Å². The van der Waals surface area contributed by atoms with Gasteiger partial charge in [0.2, 0.25) is 0 Å². The summed E-state index contributed by atoms with van der Waals surface area (Å²) in [6.45, 7) is 3.33. The molecule has 1 amide bonds. The fourth-order valence-corrected chi connectivity index (χ4v) is 2.53. The minimum Gasteiger partial charge on any atom is -0.448 e. The van der Waals surface area contributed by atoms with Gasteiger partial charge < -0.3 is 4.74 Å². The molecule has 1 N–H and O–H groups in total. The molecular weight excluding hydrogens is 299 g/mol. The molecule has 1 aromatic rings. The molecule has 1 aliphatic heterocycles. The lowest BCUT2D eigenvalue weighted by molar-refractivity contribution is 0.131. The lowest BCUT2D eigenvalue weighted by Gasteiger charge is -2.25. The smallest absolute Gasteiger partial charge is 0.411 e. The number of amides is 1. The van der Waals surface area contributed by atoms with Gasteiger partial charge in [0.15, 0.2) is 0 Å². The van der Waals surface area contributed by atoms with Crippen molar-refractivity contribution in [2.24, 2.45) is 0 Å². The van der Waals surface area contributed by atoms with Gasteiger partial charge in [0.1, 0.15) is 6.61 Å². The molecule has 1 fully saturated rings. The van der Waals surface area contributed by atoms with Gasteiger partial charge in [-0.25, -0.2) is 4.79 Å². The maximum atomic E-state index is 11.7. The second kappa shape index (κ2) is 7.72. The molecule has 1 aliphatic rings. The van der Waals surface area contributed by atoms with E-state index in [0.29, 0.717) is 22.3 Å². The number of hydrogen-bond acceptors (Lipinski definition) is 3. The van der Waals surface area contributed by atoms with Gasteiger partial charge in [0, 0.05) is 11.6 Å². The first-order chi connectivity index (χ1) is 9.65. The summed E-state index contributed by atoms with van der Waals surface area (Å²) >= 11 is 11.8. The molecule has 0 bridgehead atoms. The molecule has 1 heterocycles. The van der Waals surface area contributed by atoms with Crippen molar-refractivity contribution in [3.05, 3.63) is 28.2 Å². The van der Waals surface area contributed by atoms with Crippen LogP contribution in [0.1, 0.15) is 19.3 Å². The number of halogens is 2. The molecule has 0 atom stereocenters. The van der Waals surface area contributed by atoms with Crippen molar-refractivity contribution in [1.29, 1.82) is 0 Å². The summed E-state index contributed by atoms with van der Waals surface area (Å²) in [5, 5.41) is 3.54. The molecule has 4 nitrogen and oxygen atoms in total. The molecule has 1 aromatic carbocycles. The standard InChI is InChI=1S/C14H18Cl2N2O2/c15-11-4-5-12(16)13(10-11)17-14(19)20-9-8-18-6-2-1-3-7-18/h4-5,10H,1-3,6-9H2,(H,17,19). The van der Waals surface area contributed by atoms with Gasteiger partial charge in [0.05, 0.1) is 10.7 Å². The van der Waals surface area contributed by atoms with Gasteiger partial charge in [-0.2, -0.15) is 0 Å².